The molecule has 0 bridgehead atoms. The van der Waals surface area contributed by atoms with E-state index in [9.17, 15) is 18.0 Å². The van der Waals surface area contributed by atoms with Crippen molar-refractivity contribution < 1.29 is 31.9 Å². The minimum Gasteiger partial charge on any atom is -0.496 e. The molecule has 0 radical (unpaired) electrons. The van der Waals surface area contributed by atoms with Crippen LogP contribution in [-0.2, 0) is 21.3 Å². The minimum absolute atomic E-state index is 0.0986. The van der Waals surface area contributed by atoms with Gasteiger partial charge in [-0.05, 0) is 50.2 Å². The van der Waals surface area contributed by atoms with Crippen LogP contribution in [0.1, 0.15) is 37.9 Å². The molecule has 0 saturated carbocycles. The lowest BCUT2D eigenvalue weighted by Crippen LogP contribution is -2.17. The zero-order valence-corrected chi connectivity index (χ0v) is 18.1. The van der Waals surface area contributed by atoms with E-state index in [-0.39, 0.29) is 16.2 Å². The Hall–Kier alpha value is -3.37. The Morgan fingerprint density at radius 1 is 1.13 bits per heavy atom. The number of rotatable bonds is 8. The van der Waals surface area contributed by atoms with E-state index in [1.807, 2.05) is 17.6 Å². The number of sulfonamides is 1. The van der Waals surface area contributed by atoms with Crippen LogP contribution in [0.25, 0.3) is 0 Å². The van der Waals surface area contributed by atoms with Gasteiger partial charge >= 0.3 is 5.97 Å². The van der Waals surface area contributed by atoms with E-state index in [1.54, 1.807) is 25.3 Å². The number of nitrogens with two attached hydrogens (primary N) is 1. The van der Waals surface area contributed by atoms with E-state index in [2.05, 4.69) is 0 Å². The summed E-state index contributed by atoms with van der Waals surface area (Å²) in [7, 11) is -2.71. The van der Waals surface area contributed by atoms with Gasteiger partial charge in [0.15, 0.2) is 6.61 Å². The lowest BCUT2D eigenvalue weighted by molar-refractivity contribution is 0.0471. The number of methoxy groups -OCH3 is 1. The molecule has 164 valence electrons. The molecule has 10 heteroatoms. The van der Waals surface area contributed by atoms with Gasteiger partial charge in [0.2, 0.25) is 15.8 Å². The largest absolute Gasteiger partial charge is 0.496 e. The second kappa shape index (κ2) is 8.78. The first-order valence-corrected chi connectivity index (χ1v) is 10.8. The van der Waals surface area contributed by atoms with Gasteiger partial charge in [0.1, 0.15) is 17.1 Å². The monoisotopic (exact) mass is 446 g/mol. The number of aryl methyl sites for hydroxylation is 1. The first-order valence-electron chi connectivity index (χ1n) is 9.22. The summed E-state index contributed by atoms with van der Waals surface area (Å²) in [6.45, 7) is 3.61. The number of primary sulfonamides is 1. The molecule has 3 rings (SSSR count). The first-order chi connectivity index (χ1) is 14.6. The maximum absolute atomic E-state index is 12.7. The quantitative estimate of drug-likeness (QED) is 0.415. The Balaban J connectivity index is 1.76. The van der Waals surface area contributed by atoms with Gasteiger partial charge in [-0.25, -0.2) is 18.4 Å². The number of carbonyl (C=O) groups excluding carboxylic acids is 2. The van der Waals surface area contributed by atoms with Crippen molar-refractivity contribution >= 4 is 21.8 Å². The number of benzene rings is 1. The van der Waals surface area contributed by atoms with Crippen LogP contribution in [0.4, 0.5) is 0 Å². The zero-order chi connectivity index (χ0) is 22.8. The highest BCUT2D eigenvalue weighted by atomic mass is 32.2. The van der Waals surface area contributed by atoms with Crippen molar-refractivity contribution in [3.8, 4) is 5.75 Å². The molecule has 0 fully saturated rings. The highest BCUT2D eigenvalue weighted by Crippen LogP contribution is 2.23. The van der Waals surface area contributed by atoms with E-state index >= 15 is 0 Å². The van der Waals surface area contributed by atoms with Gasteiger partial charge in [-0.3, -0.25) is 4.79 Å². The second-order valence-electron chi connectivity index (χ2n) is 6.86. The summed E-state index contributed by atoms with van der Waals surface area (Å²) < 4.78 is 40.6. The third-order valence-electron chi connectivity index (χ3n) is 4.82. The molecule has 0 aliphatic rings. The van der Waals surface area contributed by atoms with E-state index in [1.165, 1.54) is 19.2 Å². The molecule has 3 aromatic rings. The number of Topliss-reactive ketones (excluding diaryl/α,β-unsaturated/α-hetero) is 1. The molecule has 9 nitrogen and oxygen atoms in total. The van der Waals surface area contributed by atoms with Crippen LogP contribution in [-0.4, -0.2) is 38.5 Å². The van der Waals surface area contributed by atoms with Crippen LogP contribution in [0.15, 0.2) is 52.0 Å². The fourth-order valence-corrected chi connectivity index (χ4v) is 3.74. The second-order valence-corrected chi connectivity index (χ2v) is 8.42. The average molecular weight is 446 g/mol. The number of esters is 1. The average Bonchev–Trinajstić information content (AvgIpc) is 3.34. The molecule has 0 unspecified atom stereocenters. The number of aromatic nitrogens is 1. The molecule has 2 aromatic heterocycles. The van der Waals surface area contributed by atoms with E-state index < -0.39 is 28.4 Å². The van der Waals surface area contributed by atoms with Crippen LogP contribution in [0.3, 0.4) is 0 Å². The summed E-state index contributed by atoms with van der Waals surface area (Å²) in [5.74, 6) is -0.454. The molecule has 0 amide bonds. The van der Waals surface area contributed by atoms with Crippen molar-refractivity contribution in [2.24, 2.45) is 5.14 Å². The lowest BCUT2D eigenvalue weighted by Gasteiger charge is -2.10. The molecule has 2 N–H and O–H groups in total. The molecular formula is C21H22N2O7S. The molecule has 0 aliphatic carbocycles. The van der Waals surface area contributed by atoms with Crippen molar-refractivity contribution in [3.05, 3.63) is 70.9 Å². The van der Waals surface area contributed by atoms with E-state index in [0.29, 0.717) is 17.8 Å². The summed E-state index contributed by atoms with van der Waals surface area (Å²) in [5.41, 5.74) is 1.84. The summed E-state index contributed by atoms with van der Waals surface area (Å²) >= 11 is 0. The van der Waals surface area contributed by atoms with Gasteiger partial charge < -0.3 is 18.5 Å². The summed E-state index contributed by atoms with van der Waals surface area (Å²) in [6, 6.07) is 8.90. The van der Waals surface area contributed by atoms with Crippen LogP contribution in [0.2, 0.25) is 0 Å². The number of hydrogen-bond donors (Lipinski definition) is 1. The van der Waals surface area contributed by atoms with Crippen LogP contribution < -0.4 is 9.88 Å². The topological polar surface area (TPSA) is 131 Å². The van der Waals surface area contributed by atoms with Crippen LogP contribution in [0, 0.1) is 13.8 Å². The van der Waals surface area contributed by atoms with Gasteiger partial charge in [-0.2, -0.15) is 0 Å². The SMILES string of the molecule is COc1ccc(S(N)(=O)=O)cc1C(=O)OCC(=O)c1cc(C)n(Cc2ccco2)c1C. The van der Waals surface area contributed by atoms with Gasteiger partial charge in [-0.15, -0.1) is 0 Å². The summed E-state index contributed by atoms with van der Waals surface area (Å²) in [5, 5.41) is 5.11. The third kappa shape index (κ3) is 4.86. The number of ether oxygens (including phenoxy) is 2. The number of nitrogens with zero attached hydrogens (tertiary/aromatic N) is 1. The Bertz CT molecular complexity index is 1220. The van der Waals surface area contributed by atoms with Gasteiger partial charge in [0, 0.05) is 17.0 Å². The Labute approximate surface area is 179 Å². The van der Waals surface area contributed by atoms with Crippen molar-refractivity contribution in [1.29, 1.82) is 0 Å². The summed E-state index contributed by atoms with van der Waals surface area (Å²) in [4.78, 5) is 24.9. The number of ketones is 1. The minimum atomic E-state index is -4.03. The molecule has 1 aromatic carbocycles. The smallest absolute Gasteiger partial charge is 0.342 e. The Kier molecular flexibility index (Phi) is 6.32. The van der Waals surface area contributed by atoms with Crippen molar-refractivity contribution in [1.82, 2.24) is 4.57 Å². The van der Waals surface area contributed by atoms with Gasteiger partial charge in [0.25, 0.3) is 0 Å². The van der Waals surface area contributed by atoms with Crippen molar-refractivity contribution in [2.45, 2.75) is 25.3 Å². The molecular weight excluding hydrogens is 424 g/mol. The maximum Gasteiger partial charge on any atom is 0.342 e. The standard InChI is InChI=1S/C21H22N2O7S/c1-13-9-17(14(2)23(13)11-15-5-4-8-29-15)19(24)12-30-21(25)18-10-16(31(22,26)27)6-7-20(18)28-3/h4-10H,11-12H2,1-3H3,(H2,22,26,27). The third-order valence-corrected chi connectivity index (χ3v) is 5.73. The van der Waals surface area contributed by atoms with E-state index in [4.69, 9.17) is 19.0 Å². The lowest BCUT2D eigenvalue weighted by atomic mass is 10.1. The molecule has 0 spiro atoms. The molecule has 0 saturated heterocycles. The molecule has 2 heterocycles. The zero-order valence-electron chi connectivity index (χ0n) is 17.2. The van der Waals surface area contributed by atoms with Gasteiger partial charge in [0.05, 0.1) is 24.8 Å². The first kappa shape index (κ1) is 22.3. The normalized spacial score (nSPS) is 11.4. The fraction of sp³-hybridized carbons (Fsp3) is 0.238. The predicted octanol–water partition coefficient (Wildman–Crippen LogP) is 2.44. The highest BCUT2D eigenvalue weighted by Gasteiger charge is 2.21. The van der Waals surface area contributed by atoms with Crippen molar-refractivity contribution in [3.63, 3.8) is 0 Å². The van der Waals surface area contributed by atoms with Crippen LogP contribution in [0.5, 0.6) is 5.75 Å². The summed E-state index contributed by atoms with van der Waals surface area (Å²) in [6.07, 6.45) is 1.58. The number of hydrogen-bond acceptors (Lipinski definition) is 7. The Morgan fingerprint density at radius 2 is 1.87 bits per heavy atom. The van der Waals surface area contributed by atoms with Crippen LogP contribution >= 0.6 is 0 Å². The highest BCUT2D eigenvalue weighted by molar-refractivity contribution is 7.89. The Morgan fingerprint density at radius 3 is 2.48 bits per heavy atom. The molecule has 0 atom stereocenters. The van der Waals surface area contributed by atoms with Gasteiger partial charge in [-0.1, -0.05) is 0 Å². The molecule has 0 aliphatic heterocycles. The van der Waals surface area contributed by atoms with E-state index in [0.717, 1.165) is 17.5 Å². The predicted molar refractivity (Wildman–Crippen MR) is 111 cm³/mol. The number of carbonyl (C=O) groups is 2. The molecule has 31 heavy (non-hydrogen) atoms. The fourth-order valence-electron chi connectivity index (χ4n) is 3.20. The number of furan rings is 1. The maximum atomic E-state index is 12.7. The van der Waals surface area contributed by atoms with Crippen molar-refractivity contribution in [2.75, 3.05) is 13.7 Å².